The fourth-order valence-electron chi connectivity index (χ4n) is 3.67. The summed E-state index contributed by atoms with van der Waals surface area (Å²) < 4.78 is 230. The molecular weight excluding hydrogens is 614 g/mol. The van der Waals surface area contributed by atoms with Crippen molar-refractivity contribution in [3.63, 3.8) is 0 Å². The van der Waals surface area contributed by atoms with E-state index in [0.29, 0.717) is 0 Å². The Labute approximate surface area is 215 Å². The first-order valence-electron chi connectivity index (χ1n) is 10.8. The molecule has 4 nitrogen and oxygen atoms in total. The molecule has 2 unspecified atom stereocenters. The van der Waals surface area contributed by atoms with Crippen molar-refractivity contribution in [2.24, 2.45) is 11.7 Å². The average molecular weight is 638 g/mol. The second kappa shape index (κ2) is 14.2. The zero-order chi connectivity index (χ0) is 32.0. The fourth-order valence-corrected chi connectivity index (χ4v) is 3.67. The Morgan fingerprint density at radius 1 is 0.400 bits per heavy atom. The molecule has 0 radical (unpaired) electrons. The SMILES string of the molecule is NC(CN(CC(F)(F)F)CC(F)(F)F)C(CCN(CC(F)(F)F)CC(F)(F)F)CN(CC(F)(F)F)CC(F)(F)F. The number of nitrogens with zero attached hydrogens (tertiary/aromatic N) is 3. The number of alkyl halides is 18. The van der Waals surface area contributed by atoms with E-state index in [4.69, 9.17) is 5.73 Å². The van der Waals surface area contributed by atoms with E-state index in [-0.39, 0.29) is 4.90 Å². The molecule has 0 saturated carbocycles. The van der Waals surface area contributed by atoms with Crippen LogP contribution in [0, 0.1) is 5.92 Å². The van der Waals surface area contributed by atoms with Crippen molar-refractivity contribution in [2.75, 3.05) is 58.9 Å². The molecule has 2 N–H and O–H groups in total. The van der Waals surface area contributed by atoms with Crippen molar-refractivity contribution >= 4 is 0 Å². The highest BCUT2D eigenvalue weighted by Crippen LogP contribution is 2.27. The third kappa shape index (κ3) is 22.3. The van der Waals surface area contributed by atoms with Crippen LogP contribution in [0.5, 0.6) is 0 Å². The minimum absolute atomic E-state index is 0.333. The Kier molecular flexibility index (Phi) is 13.7. The largest absolute Gasteiger partial charge is 0.401 e. The molecular formula is C18H24F18N4. The smallest absolute Gasteiger partial charge is 0.326 e. The van der Waals surface area contributed by atoms with Gasteiger partial charge in [0.2, 0.25) is 0 Å². The van der Waals surface area contributed by atoms with Gasteiger partial charge in [-0.15, -0.1) is 0 Å². The normalized spacial score (nSPS) is 16.4. The topological polar surface area (TPSA) is 35.7 Å². The molecule has 2 atom stereocenters. The summed E-state index contributed by atoms with van der Waals surface area (Å²) >= 11 is 0. The Morgan fingerprint density at radius 3 is 0.925 bits per heavy atom. The summed E-state index contributed by atoms with van der Waals surface area (Å²) in [4.78, 5) is -1.13. The Bertz CT molecular complexity index is 673. The number of nitrogens with two attached hydrogens (primary N) is 1. The van der Waals surface area contributed by atoms with E-state index >= 15 is 0 Å². The summed E-state index contributed by atoms with van der Waals surface area (Å²) in [5.74, 6) is -2.02. The van der Waals surface area contributed by atoms with E-state index < -0.39 is 124 Å². The maximum Gasteiger partial charge on any atom is 0.401 e. The summed E-state index contributed by atoms with van der Waals surface area (Å²) in [6.45, 7) is -18.1. The highest BCUT2D eigenvalue weighted by atomic mass is 19.4. The molecule has 0 saturated heterocycles. The van der Waals surface area contributed by atoms with Crippen LogP contribution in [0.25, 0.3) is 0 Å². The lowest BCUT2D eigenvalue weighted by Crippen LogP contribution is -2.52. The van der Waals surface area contributed by atoms with Gasteiger partial charge in [0.15, 0.2) is 0 Å². The van der Waals surface area contributed by atoms with Gasteiger partial charge >= 0.3 is 37.1 Å². The zero-order valence-electron chi connectivity index (χ0n) is 19.9. The van der Waals surface area contributed by atoms with E-state index in [1.807, 2.05) is 0 Å². The van der Waals surface area contributed by atoms with Crippen molar-refractivity contribution in [3.05, 3.63) is 0 Å². The molecule has 0 heterocycles. The van der Waals surface area contributed by atoms with Gasteiger partial charge in [-0.2, -0.15) is 79.0 Å². The molecule has 0 aromatic rings. The summed E-state index contributed by atoms with van der Waals surface area (Å²) in [5, 5.41) is 0. The Balaban J connectivity index is 6.20. The van der Waals surface area contributed by atoms with Gasteiger partial charge in [-0.3, -0.25) is 14.7 Å². The van der Waals surface area contributed by atoms with E-state index in [1.54, 1.807) is 0 Å². The van der Waals surface area contributed by atoms with Crippen molar-refractivity contribution < 1.29 is 79.0 Å². The second-order valence-electron chi connectivity index (χ2n) is 8.95. The minimum Gasteiger partial charge on any atom is -0.326 e. The van der Waals surface area contributed by atoms with Crippen molar-refractivity contribution in [1.82, 2.24) is 14.7 Å². The molecule has 0 aromatic heterocycles. The second-order valence-corrected chi connectivity index (χ2v) is 8.95. The van der Waals surface area contributed by atoms with E-state index in [0.717, 1.165) is 0 Å². The predicted octanol–water partition coefficient (Wildman–Crippen LogP) is 5.60. The van der Waals surface area contributed by atoms with Gasteiger partial charge in [0.1, 0.15) is 0 Å². The minimum atomic E-state index is -5.34. The maximum atomic E-state index is 12.8. The van der Waals surface area contributed by atoms with Gasteiger partial charge < -0.3 is 5.73 Å². The van der Waals surface area contributed by atoms with Gasteiger partial charge in [0, 0.05) is 19.1 Å². The predicted molar refractivity (Wildman–Crippen MR) is 102 cm³/mol. The molecule has 40 heavy (non-hydrogen) atoms. The molecule has 0 spiro atoms. The summed E-state index contributed by atoms with van der Waals surface area (Å²) in [5.41, 5.74) is 5.54. The third-order valence-electron chi connectivity index (χ3n) is 4.80. The van der Waals surface area contributed by atoms with Crippen LogP contribution in [0.15, 0.2) is 0 Å². The molecule has 242 valence electrons. The molecule has 0 amide bonds. The Morgan fingerprint density at radius 2 is 0.650 bits per heavy atom. The van der Waals surface area contributed by atoms with Crippen molar-refractivity contribution in [3.8, 4) is 0 Å². The molecule has 0 fully saturated rings. The van der Waals surface area contributed by atoms with Crippen LogP contribution in [-0.4, -0.2) is 117 Å². The van der Waals surface area contributed by atoms with Gasteiger partial charge in [-0.1, -0.05) is 0 Å². The van der Waals surface area contributed by atoms with Gasteiger partial charge in [0.25, 0.3) is 0 Å². The number of rotatable bonds is 14. The first kappa shape index (κ1) is 38.6. The van der Waals surface area contributed by atoms with E-state index in [1.165, 1.54) is 0 Å². The standard InChI is InChI=1S/C18H24F18N4/c19-13(20,21)5-38(6-14(22,23)24)2-1-11(3-39(7-15(25,26)27)8-16(28,29)30)12(37)4-40(9-17(31,32)33)10-18(34,35)36/h11-12H,1-10,37H2. The number of hydrogen-bond acceptors (Lipinski definition) is 4. The maximum absolute atomic E-state index is 12.8. The van der Waals surface area contributed by atoms with Crippen LogP contribution < -0.4 is 5.73 Å². The average Bonchev–Trinajstić information content (AvgIpc) is 2.56. The molecule has 0 aromatic carbocycles. The molecule has 22 heteroatoms. The van der Waals surface area contributed by atoms with Gasteiger partial charge in [0.05, 0.1) is 39.3 Å². The monoisotopic (exact) mass is 638 g/mol. The third-order valence-corrected chi connectivity index (χ3v) is 4.80. The molecule has 0 bridgehead atoms. The fraction of sp³-hybridized carbons (Fsp3) is 1.00. The van der Waals surface area contributed by atoms with E-state index in [2.05, 4.69) is 0 Å². The lowest BCUT2D eigenvalue weighted by atomic mass is 9.94. The van der Waals surface area contributed by atoms with Crippen LogP contribution >= 0.6 is 0 Å². The number of hydrogen-bond donors (Lipinski definition) is 1. The first-order valence-corrected chi connectivity index (χ1v) is 10.8. The zero-order valence-corrected chi connectivity index (χ0v) is 19.9. The van der Waals surface area contributed by atoms with Gasteiger partial charge in [-0.25, -0.2) is 0 Å². The summed E-state index contributed by atoms with van der Waals surface area (Å²) in [7, 11) is 0. The van der Waals surface area contributed by atoms with Crippen molar-refractivity contribution in [2.45, 2.75) is 49.5 Å². The lowest BCUT2D eigenvalue weighted by Gasteiger charge is -2.36. The molecule has 0 aliphatic rings. The lowest BCUT2D eigenvalue weighted by molar-refractivity contribution is -0.187. The van der Waals surface area contributed by atoms with Crippen LogP contribution in [0.1, 0.15) is 6.42 Å². The van der Waals surface area contributed by atoms with Crippen LogP contribution in [0.3, 0.4) is 0 Å². The highest BCUT2D eigenvalue weighted by Gasteiger charge is 2.42. The quantitative estimate of drug-likeness (QED) is 0.252. The molecule has 0 aliphatic carbocycles. The highest BCUT2D eigenvalue weighted by molar-refractivity contribution is 4.84. The van der Waals surface area contributed by atoms with Crippen LogP contribution in [0.4, 0.5) is 79.0 Å². The first-order chi connectivity index (χ1) is 17.4. The summed E-state index contributed by atoms with van der Waals surface area (Å²) in [6.07, 6.45) is -32.9. The van der Waals surface area contributed by atoms with Crippen molar-refractivity contribution in [1.29, 1.82) is 0 Å². The van der Waals surface area contributed by atoms with Crippen LogP contribution in [-0.2, 0) is 0 Å². The summed E-state index contributed by atoms with van der Waals surface area (Å²) in [6, 6.07) is -2.15. The molecule has 0 aliphatic heterocycles. The Hall–Kier alpha value is -1.42. The van der Waals surface area contributed by atoms with E-state index in [9.17, 15) is 79.0 Å². The van der Waals surface area contributed by atoms with Crippen LogP contribution in [0.2, 0.25) is 0 Å². The molecule has 0 rings (SSSR count). The number of halogens is 18. The van der Waals surface area contributed by atoms with Gasteiger partial charge in [-0.05, 0) is 18.9 Å².